The third-order valence-electron chi connectivity index (χ3n) is 5.42. The van der Waals surface area contributed by atoms with E-state index < -0.39 is 34.8 Å². The number of amides is 2. The number of esters is 1. The van der Waals surface area contributed by atoms with Gasteiger partial charge in [-0.15, -0.1) is 0 Å². The number of methoxy groups -OCH3 is 1. The van der Waals surface area contributed by atoms with Crippen molar-refractivity contribution in [1.82, 2.24) is 10.6 Å². The van der Waals surface area contributed by atoms with Crippen molar-refractivity contribution in [2.75, 3.05) is 7.11 Å². The number of carbonyl (C=O) groups excluding carboxylic acids is 3. The van der Waals surface area contributed by atoms with E-state index in [-0.39, 0.29) is 29.8 Å². The van der Waals surface area contributed by atoms with Crippen LogP contribution in [-0.2, 0) is 27.2 Å². The largest absolute Gasteiger partial charge is 0.508 e. The Hall–Kier alpha value is -4.73. The van der Waals surface area contributed by atoms with E-state index in [2.05, 4.69) is 10.6 Å². The van der Waals surface area contributed by atoms with Crippen LogP contribution < -0.4 is 10.6 Å². The van der Waals surface area contributed by atoms with E-state index in [0.717, 1.165) is 5.56 Å². The summed E-state index contributed by atoms with van der Waals surface area (Å²) in [5, 5.41) is 25.7. The number of carbonyl (C=O) groups is 3. The van der Waals surface area contributed by atoms with Crippen LogP contribution in [0.2, 0.25) is 0 Å². The second-order valence-electron chi connectivity index (χ2n) is 7.97. The number of hydrogen-bond donors (Lipinski definition) is 3. The molecule has 0 unspecified atom stereocenters. The third kappa shape index (κ3) is 7.13. The summed E-state index contributed by atoms with van der Waals surface area (Å²) in [6.07, 6.45) is 0.242. The number of aromatic hydroxyl groups is 1. The molecule has 0 heterocycles. The Morgan fingerprint density at radius 1 is 0.861 bits per heavy atom. The highest BCUT2D eigenvalue weighted by Crippen LogP contribution is 2.14. The molecule has 3 aromatic rings. The fourth-order valence-corrected chi connectivity index (χ4v) is 3.51. The molecule has 0 saturated carbocycles. The van der Waals surface area contributed by atoms with E-state index in [1.165, 1.54) is 43.5 Å². The van der Waals surface area contributed by atoms with Crippen molar-refractivity contribution in [1.29, 1.82) is 0 Å². The number of nitro benzene ring substituents is 1. The van der Waals surface area contributed by atoms with Crippen LogP contribution in [0.25, 0.3) is 0 Å². The van der Waals surface area contributed by atoms with Gasteiger partial charge in [0.1, 0.15) is 17.8 Å². The van der Waals surface area contributed by atoms with Crippen LogP contribution in [0.15, 0.2) is 78.9 Å². The molecule has 0 fully saturated rings. The molecule has 3 N–H and O–H groups in total. The smallest absolute Gasteiger partial charge is 0.328 e. The van der Waals surface area contributed by atoms with Crippen molar-refractivity contribution in [3.63, 3.8) is 0 Å². The van der Waals surface area contributed by atoms with Gasteiger partial charge < -0.3 is 20.5 Å². The lowest BCUT2D eigenvalue weighted by Crippen LogP contribution is -2.53. The van der Waals surface area contributed by atoms with Gasteiger partial charge in [0, 0.05) is 30.5 Å². The maximum absolute atomic E-state index is 13.3. The topological polar surface area (TPSA) is 148 Å². The Balaban J connectivity index is 1.81. The summed E-state index contributed by atoms with van der Waals surface area (Å²) >= 11 is 0. The minimum atomic E-state index is -1.10. The first-order valence-corrected chi connectivity index (χ1v) is 11.0. The zero-order valence-corrected chi connectivity index (χ0v) is 19.4. The molecular formula is C26H25N3O7. The number of non-ortho nitro benzene ring substituents is 1. The molecule has 10 nitrogen and oxygen atoms in total. The van der Waals surface area contributed by atoms with E-state index in [1.54, 1.807) is 12.1 Å². The summed E-state index contributed by atoms with van der Waals surface area (Å²) in [6, 6.07) is 18.1. The summed E-state index contributed by atoms with van der Waals surface area (Å²) in [5.74, 6) is -1.84. The number of ether oxygens (including phenoxy) is 1. The molecule has 0 aliphatic rings. The van der Waals surface area contributed by atoms with Crippen LogP contribution >= 0.6 is 0 Å². The predicted molar refractivity (Wildman–Crippen MR) is 130 cm³/mol. The van der Waals surface area contributed by atoms with E-state index in [1.807, 2.05) is 30.3 Å². The number of benzene rings is 3. The Labute approximate surface area is 207 Å². The fourth-order valence-electron chi connectivity index (χ4n) is 3.51. The molecular weight excluding hydrogens is 466 g/mol. The van der Waals surface area contributed by atoms with Gasteiger partial charge in [0.15, 0.2) is 0 Å². The number of nitro groups is 1. The van der Waals surface area contributed by atoms with Gasteiger partial charge in [-0.3, -0.25) is 19.7 Å². The standard InChI is InChI=1S/C26H25N3O7/c1-36-26(33)23(16-17-5-3-2-4-6-17)28-25(32)22(15-18-7-13-21(30)14-8-18)27-24(31)19-9-11-20(12-10-19)29(34)35/h2-14,22-23,30H,15-16H2,1H3,(H,27,31)(H,28,32)/t22-,23-/m0/s1. The number of rotatable bonds is 10. The maximum atomic E-state index is 13.3. The Bertz CT molecular complexity index is 1210. The maximum Gasteiger partial charge on any atom is 0.328 e. The van der Waals surface area contributed by atoms with Gasteiger partial charge in [0.05, 0.1) is 12.0 Å². The van der Waals surface area contributed by atoms with Crippen molar-refractivity contribution >= 4 is 23.5 Å². The van der Waals surface area contributed by atoms with E-state index in [0.29, 0.717) is 5.56 Å². The van der Waals surface area contributed by atoms with E-state index >= 15 is 0 Å². The van der Waals surface area contributed by atoms with Gasteiger partial charge in [0.25, 0.3) is 11.6 Å². The normalized spacial score (nSPS) is 12.1. The molecule has 10 heteroatoms. The van der Waals surface area contributed by atoms with Gasteiger partial charge in [-0.1, -0.05) is 42.5 Å². The van der Waals surface area contributed by atoms with Crippen LogP contribution in [0.4, 0.5) is 5.69 Å². The van der Waals surface area contributed by atoms with Crippen LogP contribution in [-0.4, -0.2) is 47.0 Å². The average molecular weight is 492 g/mol. The zero-order valence-electron chi connectivity index (χ0n) is 19.4. The molecule has 36 heavy (non-hydrogen) atoms. The minimum Gasteiger partial charge on any atom is -0.508 e. The lowest BCUT2D eigenvalue weighted by Gasteiger charge is -2.22. The van der Waals surface area contributed by atoms with Crippen LogP contribution in [0, 0.1) is 10.1 Å². The van der Waals surface area contributed by atoms with Crippen LogP contribution in [0.1, 0.15) is 21.5 Å². The molecule has 0 saturated heterocycles. The molecule has 0 aromatic heterocycles. The summed E-state index contributed by atoms with van der Waals surface area (Å²) in [7, 11) is 1.22. The Morgan fingerprint density at radius 2 is 1.44 bits per heavy atom. The van der Waals surface area contributed by atoms with Gasteiger partial charge >= 0.3 is 5.97 Å². The number of hydrogen-bond acceptors (Lipinski definition) is 7. The van der Waals surface area contributed by atoms with Gasteiger partial charge in [-0.25, -0.2) is 4.79 Å². The number of phenols is 1. The molecule has 0 bridgehead atoms. The molecule has 3 rings (SSSR count). The van der Waals surface area contributed by atoms with Crippen molar-refractivity contribution in [3.05, 3.63) is 106 Å². The third-order valence-corrected chi connectivity index (χ3v) is 5.42. The number of nitrogens with one attached hydrogen (secondary N) is 2. The van der Waals surface area contributed by atoms with Gasteiger partial charge in [-0.05, 0) is 35.4 Å². The first-order chi connectivity index (χ1) is 17.3. The first-order valence-electron chi connectivity index (χ1n) is 11.0. The molecule has 2 amide bonds. The Morgan fingerprint density at radius 3 is 2.03 bits per heavy atom. The molecule has 0 spiro atoms. The number of phenolic OH excluding ortho intramolecular Hbond substituents is 1. The molecule has 186 valence electrons. The van der Waals surface area contributed by atoms with Gasteiger partial charge in [-0.2, -0.15) is 0 Å². The second-order valence-corrected chi connectivity index (χ2v) is 7.97. The minimum absolute atomic E-state index is 0.0447. The Kier molecular flexibility index (Phi) is 8.71. The first kappa shape index (κ1) is 25.9. The van der Waals surface area contributed by atoms with Crippen molar-refractivity contribution in [2.24, 2.45) is 0 Å². The van der Waals surface area contributed by atoms with Crippen LogP contribution in [0.5, 0.6) is 5.75 Å². The van der Waals surface area contributed by atoms with E-state index in [9.17, 15) is 29.6 Å². The average Bonchev–Trinajstić information content (AvgIpc) is 2.89. The lowest BCUT2D eigenvalue weighted by atomic mass is 10.0. The second kappa shape index (κ2) is 12.1. The summed E-state index contributed by atoms with van der Waals surface area (Å²) in [6.45, 7) is 0. The zero-order chi connectivity index (χ0) is 26.1. The monoisotopic (exact) mass is 491 g/mol. The highest BCUT2D eigenvalue weighted by molar-refractivity contribution is 5.98. The quantitative estimate of drug-likeness (QED) is 0.224. The SMILES string of the molecule is COC(=O)[C@H](Cc1ccccc1)NC(=O)[C@H](Cc1ccc(O)cc1)NC(=O)c1ccc([N+](=O)[O-])cc1. The number of nitrogens with zero attached hydrogens (tertiary/aromatic N) is 1. The molecule has 3 aromatic carbocycles. The van der Waals surface area contributed by atoms with Crippen molar-refractivity contribution in [3.8, 4) is 5.75 Å². The highest BCUT2D eigenvalue weighted by atomic mass is 16.6. The summed E-state index contributed by atoms with van der Waals surface area (Å²) < 4.78 is 4.85. The molecule has 2 atom stereocenters. The predicted octanol–water partition coefficient (Wildman–Crippen LogP) is 2.54. The van der Waals surface area contributed by atoms with Crippen LogP contribution in [0.3, 0.4) is 0 Å². The molecule has 0 radical (unpaired) electrons. The summed E-state index contributed by atoms with van der Waals surface area (Å²) in [4.78, 5) is 48.8. The fraction of sp³-hybridized carbons (Fsp3) is 0.192. The summed E-state index contributed by atoms with van der Waals surface area (Å²) in [5.41, 5.74) is 1.40. The van der Waals surface area contributed by atoms with Gasteiger partial charge in [0.2, 0.25) is 5.91 Å². The highest BCUT2D eigenvalue weighted by Gasteiger charge is 2.28. The van der Waals surface area contributed by atoms with Crippen molar-refractivity contribution < 1.29 is 29.2 Å². The van der Waals surface area contributed by atoms with E-state index in [4.69, 9.17) is 4.74 Å². The molecule has 0 aliphatic carbocycles. The van der Waals surface area contributed by atoms with Crippen molar-refractivity contribution in [2.45, 2.75) is 24.9 Å². The molecule has 0 aliphatic heterocycles. The lowest BCUT2D eigenvalue weighted by molar-refractivity contribution is -0.384.